The van der Waals surface area contributed by atoms with E-state index in [2.05, 4.69) is 26.0 Å². The number of halogens is 2. The highest BCUT2D eigenvalue weighted by atomic mass is 79.9. The number of ether oxygens (including phenoxy) is 1. The lowest BCUT2D eigenvalue weighted by molar-refractivity contribution is -0.114. The maximum absolute atomic E-state index is 13.5. The summed E-state index contributed by atoms with van der Waals surface area (Å²) in [6, 6.07) is 24.0. The number of benzene rings is 4. The summed E-state index contributed by atoms with van der Waals surface area (Å²) >= 11 is 9.40. The van der Waals surface area contributed by atoms with Gasteiger partial charge in [0.05, 0.1) is 22.6 Å². The van der Waals surface area contributed by atoms with Crippen LogP contribution in [0.3, 0.4) is 0 Å². The second-order valence-electron chi connectivity index (χ2n) is 8.35. The third-order valence-electron chi connectivity index (χ3n) is 5.58. The summed E-state index contributed by atoms with van der Waals surface area (Å²) in [4.78, 5) is 12.9. The van der Waals surface area contributed by atoms with E-state index in [1.54, 1.807) is 36.4 Å². The van der Waals surface area contributed by atoms with Crippen molar-refractivity contribution in [3.63, 3.8) is 0 Å². The van der Waals surface area contributed by atoms with Gasteiger partial charge in [-0.15, -0.1) is 0 Å². The molecule has 0 aliphatic rings. The Morgan fingerprint density at radius 2 is 1.45 bits per heavy atom. The molecule has 4 aromatic rings. The Labute approximate surface area is 246 Å². The molecule has 0 atom stereocenters. The van der Waals surface area contributed by atoms with E-state index in [0.29, 0.717) is 16.5 Å². The monoisotopic (exact) mass is 663 g/mol. The van der Waals surface area contributed by atoms with Crippen LogP contribution in [0.1, 0.15) is 0 Å². The van der Waals surface area contributed by atoms with Crippen molar-refractivity contribution in [3.05, 3.63) is 107 Å². The largest absolute Gasteiger partial charge is 0.497 e. The van der Waals surface area contributed by atoms with Crippen molar-refractivity contribution in [2.24, 2.45) is 0 Å². The fraction of sp³-hybridized carbons (Fsp3) is 0.0741. The van der Waals surface area contributed by atoms with Gasteiger partial charge in [0.1, 0.15) is 12.3 Å². The molecule has 13 heteroatoms. The van der Waals surface area contributed by atoms with E-state index in [9.17, 15) is 21.6 Å². The van der Waals surface area contributed by atoms with Crippen LogP contribution in [0.15, 0.2) is 111 Å². The molecule has 0 aliphatic heterocycles. The third-order valence-corrected chi connectivity index (χ3v) is 9.52. The van der Waals surface area contributed by atoms with Crippen LogP contribution in [-0.2, 0) is 24.8 Å². The van der Waals surface area contributed by atoms with Crippen LogP contribution in [0.25, 0.3) is 0 Å². The van der Waals surface area contributed by atoms with Crippen molar-refractivity contribution in [2.45, 2.75) is 9.79 Å². The van der Waals surface area contributed by atoms with E-state index in [1.165, 1.54) is 67.8 Å². The molecule has 4 rings (SSSR count). The molecule has 0 spiro atoms. The SMILES string of the molecule is COc1ccc(S(=O)(=O)N(CC(=O)Nc2ccc(S(=O)(=O)Nc3ccc(Br)cc3)cc2)c2cccc(Cl)c2)cc1. The van der Waals surface area contributed by atoms with Gasteiger partial charge in [-0.2, -0.15) is 0 Å². The first-order valence-corrected chi connectivity index (χ1v) is 15.7. The predicted molar refractivity (Wildman–Crippen MR) is 159 cm³/mol. The molecule has 2 N–H and O–H groups in total. The molecule has 0 unspecified atom stereocenters. The van der Waals surface area contributed by atoms with Crippen molar-refractivity contribution in [1.82, 2.24) is 0 Å². The number of amides is 1. The molecule has 4 aromatic carbocycles. The minimum absolute atomic E-state index is 0.0175. The lowest BCUT2D eigenvalue weighted by Crippen LogP contribution is -2.38. The third kappa shape index (κ3) is 7.13. The van der Waals surface area contributed by atoms with Gasteiger partial charge >= 0.3 is 0 Å². The van der Waals surface area contributed by atoms with E-state index in [-0.39, 0.29) is 21.2 Å². The number of carbonyl (C=O) groups is 1. The lowest BCUT2D eigenvalue weighted by atomic mass is 10.3. The molecule has 208 valence electrons. The number of anilines is 3. The lowest BCUT2D eigenvalue weighted by Gasteiger charge is -2.24. The Balaban J connectivity index is 1.53. The van der Waals surface area contributed by atoms with Gasteiger partial charge in [-0.3, -0.25) is 13.8 Å². The zero-order valence-electron chi connectivity index (χ0n) is 20.9. The van der Waals surface area contributed by atoms with Crippen LogP contribution in [0.2, 0.25) is 5.02 Å². The Kier molecular flexibility index (Phi) is 9.04. The average Bonchev–Trinajstić information content (AvgIpc) is 2.93. The summed E-state index contributed by atoms with van der Waals surface area (Å²) in [5, 5.41) is 2.91. The van der Waals surface area contributed by atoms with E-state index >= 15 is 0 Å². The van der Waals surface area contributed by atoms with Gasteiger partial charge in [0, 0.05) is 20.9 Å². The Bertz CT molecular complexity index is 1720. The molecular weight excluding hydrogens is 642 g/mol. The summed E-state index contributed by atoms with van der Waals surface area (Å²) in [6.45, 7) is -0.570. The molecular formula is C27H23BrClN3O6S2. The first-order valence-electron chi connectivity index (χ1n) is 11.6. The Hall–Kier alpha value is -3.58. The zero-order chi connectivity index (χ0) is 28.9. The first-order chi connectivity index (χ1) is 19.0. The standard InChI is InChI=1S/C27H23BrClN3O6S2/c1-38-24-11-15-26(16-12-24)40(36,37)32(23-4-2-3-20(29)17-23)18-27(33)30-21-9-13-25(14-10-21)39(34,35)31-22-7-5-19(28)6-8-22/h2-17,31H,18H2,1H3,(H,30,33). The van der Waals surface area contributed by atoms with Crippen molar-refractivity contribution < 1.29 is 26.4 Å². The van der Waals surface area contributed by atoms with Crippen LogP contribution < -0.4 is 19.1 Å². The first kappa shape index (κ1) is 29.4. The number of hydrogen-bond acceptors (Lipinski definition) is 6. The molecule has 1 amide bonds. The number of nitrogens with zero attached hydrogens (tertiary/aromatic N) is 1. The van der Waals surface area contributed by atoms with Crippen molar-refractivity contribution >= 4 is 70.5 Å². The normalized spacial score (nSPS) is 11.5. The second kappa shape index (κ2) is 12.3. The van der Waals surface area contributed by atoms with Gasteiger partial charge in [0.25, 0.3) is 20.0 Å². The number of nitrogens with one attached hydrogen (secondary N) is 2. The highest BCUT2D eigenvalue weighted by molar-refractivity contribution is 9.10. The van der Waals surface area contributed by atoms with Gasteiger partial charge < -0.3 is 10.1 Å². The number of methoxy groups -OCH3 is 1. The number of rotatable bonds is 10. The van der Waals surface area contributed by atoms with Crippen molar-refractivity contribution in [2.75, 3.05) is 28.0 Å². The fourth-order valence-corrected chi connectivity index (χ4v) is 6.52. The molecule has 0 bridgehead atoms. The summed E-state index contributed by atoms with van der Waals surface area (Å²) < 4.78 is 61.9. The maximum Gasteiger partial charge on any atom is 0.264 e. The molecule has 0 heterocycles. The minimum atomic E-state index is -4.17. The molecule has 40 heavy (non-hydrogen) atoms. The van der Waals surface area contributed by atoms with Crippen LogP contribution in [0, 0.1) is 0 Å². The van der Waals surface area contributed by atoms with Crippen LogP contribution in [0.5, 0.6) is 5.75 Å². The summed E-state index contributed by atoms with van der Waals surface area (Å²) in [6.07, 6.45) is 0. The van der Waals surface area contributed by atoms with Crippen LogP contribution in [-0.4, -0.2) is 36.4 Å². The minimum Gasteiger partial charge on any atom is -0.497 e. The van der Waals surface area contributed by atoms with E-state index in [4.69, 9.17) is 16.3 Å². The summed E-state index contributed by atoms with van der Waals surface area (Å²) in [7, 11) is -6.58. The number of sulfonamides is 2. The van der Waals surface area contributed by atoms with Gasteiger partial charge in [-0.1, -0.05) is 33.6 Å². The Morgan fingerprint density at radius 3 is 2.05 bits per heavy atom. The second-order valence-corrected chi connectivity index (χ2v) is 13.2. The van der Waals surface area contributed by atoms with Crippen LogP contribution in [0.4, 0.5) is 17.1 Å². The van der Waals surface area contributed by atoms with E-state index in [1.807, 2.05) is 0 Å². The molecule has 0 aromatic heterocycles. The molecule has 0 saturated carbocycles. The zero-order valence-corrected chi connectivity index (χ0v) is 24.9. The highest BCUT2D eigenvalue weighted by Crippen LogP contribution is 2.27. The average molecular weight is 665 g/mol. The molecule has 9 nitrogen and oxygen atoms in total. The molecule has 0 radical (unpaired) electrons. The maximum atomic E-state index is 13.5. The number of carbonyl (C=O) groups excluding carboxylic acids is 1. The van der Waals surface area contributed by atoms with Crippen LogP contribution >= 0.6 is 27.5 Å². The fourth-order valence-electron chi connectivity index (χ4n) is 3.60. The van der Waals surface area contributed by atoms with Crippen molar-refractivity contribution in [3.8, 4) is 5.75 Å². The predicted octanol–water partition coefficient (Wildman–Crippen LogP) is 5.75. The number of hydrogen-bond donors (Lipinski definition) is 2. The van der Waals surface area contributed by atoms with Gasteiger partial charge in [-0.05, 0) is 91.0 Å². The molecule has 0 saturated heterocycles. The smallest absolute Gasteiger partial charge is 0.264 e. The highest BCUT2D eigenvalue weighted by Gasteiger charge is 2.27. The van der Waals surface area contributed by atoms with Crippen molar-refractivity contribution in [1.29, 1.82) is 0 Å². The van der Waals surface area contributed by atoms with E-state index < -0.39 is 32.5 Å². The van der Waals surface area contributed by atoms with Gasteiger partial charge in [-0.25, -0.2) is 16.8 Å². The van der Waals surface area contributed by atoms with Gasteiger partial charge in [0.2, 0.25) is 5.91 Å². The Morgan fingerprint density at radius 1 is 0.850 bits per heavy atom. The quantitative estimate of drug-likeness (QED) is 0.223. The molecule has 0 fully saturated rings. The summed E-state index contributed by atoms with van der Waals surface area (Å²) in [5.41, 5.74) is 0.860. The topological polar surface area (TPSA) is 122 Å². The van der Waals surface area contributed by atoms with Gasteiger partial charge in [0.15, 0.2) is 0 Å². The summed E-state index contributed by atoms with van der Waals surface area (Å²) in [5.74, 6) is -0.177. The molecule has 0 aliphatic carbocycles. The van der Waals surface area contributed by atoms with E-state index in [0.717, 1.165) is 8.78 Å².